The molecule has 2 N–H and O–H groups in total. The summed E-state index contributed by atoms with van der Waals surface area (Å²) in [5, 5.41) is 6.92. The first kappa shape index (κ1) is 18.7. The van der Waals surface area contributed by atoms with E-state index < -0.39 is 0 Å². The average molecular weight is 391 g/mol. The number of benzene rings is 2. The molecule has 0 aliphatic carbocycles. The molecule has 1 aliphatic heterocycles. The zero-order chi connectivity index (χ0) is 18.7. The maximum Gasteiger partial charge on any atom is 0.227 e. The number of anilines is 1. The number of fused-ring (bicyclic) bond motifs is 1. The zero-order valence-electron chi connectivity index (χ0n) is 14.4. The Hall–Kier alpha value is -2.04. The largest absolute Gasteiger partial charge is 0.350 e. The highest BCUT2D eigenvalue weighted by Crippen LogP contribution is 2.28. The topological polar surface area (TPSA) is 58.2 Å². The minimum atomic E-state index is -0.229. The summed E-state index contributed by atoms with van der Waals surface area (Å²) in [5.74, 6) is -0.314. The fraction of sp³-hybridized carbons (Fsp3) is 0.300. The lowest BCUT2D eigenvalue weighted by atomic mass is 9.89. The van der Waals surface area contributed by atoms with Crippen LogP contribution in [0.25, 0.3) is 0 Å². The quantitative estimate of drug-likeness (QED) is 0.772. The number of para-hydroxylation sites is 1. The third kappa shape index (κ3) is 4.37. The Bertz CT molecular complexity index is 838. The van der Waals surface area contributed by atoms with E-state index in [1.165, 1.54) is 0 Å². The molecule has 0 unspecified atom stereocenters. The lowest BCUT2D eigenvalue weighted by Crippen LogP contribution is -2.32. The Balaban J connectivity index is 1.55. The van der Waals surface area contributed by atoms with Crippen LogP contribution in [0.1, 0.15) is 36.9 Å². The second-order valence-corrected chi connectivity index (χ2v) is 7.38. The Morgan fingerprint density at radius 1 is 1.27 bits per heavy atom. The van der Waals surface area contributed by atoms with Gasteiger partial charge in [-0.15, -0.1) is 0 Å². The summed E-state index contributed by atoms with van der Waals surface area (Å²) in [6, 6.07) is 12.7. The van der Waals surface area contributed by atoms with Crippen molar-refractivity contribution in [2.24, 2.45) is 5.92 Å². The molecule has 0 aromatic heterocycles. The van der Waals surface area contributed by atoms with Crippen molar-refractivity contribution in [1.82, 2.24) is 5.32 Å². The molecule has 0 fully saturated rings. The maximum atomic E-state index is 12.3. The minimum Gasteiger partial charge on any atom is -0.350 e. The van der Waals surface area contributed by atoms with Crippen LogP contribution in [0.3, 0.4) is 0 Å². The van der Waals surface area contributed by atoms with Crippen LogP contribution >= 0.6 is 23.2 Å². The van der Waals surface area contributed by atoms with E-state index in [1.54, 1.807) is 18.2 Å². The monoisotopic (exact) mass is 390 g/mol. The number of carbonyl (C=O) groups excluding carboxylic acids is 2. The molecule has 0 saturated carbocycles. The Morgan fingerprint density at radius 2 is 2.04 bits per heavy atom. The van der Waals surface area contributed by atoms with Gasteiger partial charge in [-0.2, -0.15) is 0 Å². The van der Waals surface area contributed by atoms with Crippen molar-refractivity contribution in [2.75, 3.05) is 5.32 Å². The van der Waals surface area contributed by atoms with E-state index >= 15 is 0 Å². The van der Waals surface area contributed by atoms with Gasteiger partial charge < -0.3 is 10.6 Å². The highest BCUT2D eigenvalue weighted by molar-refractivity contribution is 6.35. The first-order valence-corrected chi connectivity index (χ1v) is 9.32. The van der Waals surface area contributed by atoms with Gasteiger partial charge in [-0.1, -0.05) is 47.5 Å². The molecule has 2 aromatic rings. The summed E-state index contributed by atoms with van der Waals surface area (Å²) in [6.07, 6.45) is 1.46. The van der Waals surface area contributed by atoms with Crippen LogP contribution in [0.4, 0.5) is 5.69 Å². The zero-order valence-corrected chi connectivity index (χ0v) is 15.9. The summed E-state index contributed by atoms with van der Waals surface area (Å²) < 4.78 is 0. The van der Waals surface area contributed by atoms with Crippen molar-refractivity contribution in [1.29, 1.82) is 0 Å². The molecule has 6 heteroatoms. The number of rotatable bonds is 5. The molecule has 2 amide bonds. The molecule has 136 valence electrons. The van der Waals surface area contributed by atoms with Gasteiger partial charge in [0.15, 0.2) is 0 Å². The van der Waals surface area contributed by atoms with E-state index in [0.717, 1.165) is 16.8 Å². The van der Waals surface area contributed by atoms with Crippen molar-refractivity contribution < 1.29 is 9.59 Å². The smallest absolute Gasteiger partial charge is 0.227 e. The number of nitrogens with one attached hydrogen (secondary N) is 2. The highest BCUT2D eigenvalue weighted by atomic mass is 35.5. The molecule has 26 heavy (non-hydrogen) atoms. The normalized spacial score (nSPS) is 17.2. The molecule has 3 rings (SSSR count). The lowest BCUT2D eigenvalue weighted by Gasteiger charge is -2.24. The fourth-order valence-electron chi connectivity index (χ4n) is 3.20. The summed E-state index contributed by atoms with van der Waals surface area (Å²) in [6.45, 7) is 1.87. The summed E-state index contributed by atoms with van der Waals surface area (Å²) >= 11 is 12.1. The molecule has 4 nitrogen and oxygen atoms in total. The second kappa shape index (κ2) is 8.11. The van der Waals surface area contributed by atoms with E-state index in [9.17, 15) is 9.59 Å². The Morgan fingerprint density at radius 3 is 2.81 bits per heavy atom. The summed E-state index contributed by atoms with van der Waals surface area (Å²) in [5.41, 5.74) is 2.79. The van der Waals surface area contributed by atoms with Crippen molar-refractivity contribution in [3.63, 3.8) is 0 Å². The first-order chi connectivity index (χ1) is 12.4. The summed E-state index contributed by atoms with van der Waals surface area (Å²) in [7, 11) is 0. The molecular formula is C20H20Cl2N2O2. The molecular weight excluding hydrogens is 371 g/mol. The SMILES string of the molecule is C[C@H](NC(=O)CC[C@H]1Cc2ccccc2NC1=O)c1ccc(Cl)cc1Cl. The first-order valence-electron chi connectivity index (χ1n) is 8.57. The minimum absolute atomic E-state index is 0.0229. The van der Waals surface area contributed by atoms with Gasteiger partial charge in [0.2, 0.25) is 11.8 Å². The van der Waals surface area contributed by atoms with E-state index in [1.807, 2.05) is 31.2 Å². The predicted molar refractivity (Wildman–Crippen MR) is 105 cm³/mol. The molecule has 0 spiro atoms. The third-order valence-electron chi connectivity index (χ3n) is 4.64. The predicted octanol–water partition coefficient (Wildman–Crippen LogP) is 4.76. The number of carbonyl (C=O) groups is 2. The van der Waals surface area contributed by atoms with Gasteiger partial charge in [-0.25, -0.2) is 0 Å². The number of amides is 2. The van der Waals surface area contributed by atoms with Crippen LogP contribution in [-0.2, 0) is 16.0 Å². The van der Waals surface area contributed by atoms with Gasteiger partial charge in [0.25, 0.3) is 0 Å². The van der Waals surface area contributed by atoms with E-state index in [-0.39, 0.29) is 30.2 Å². The molecule has 0 saturated heterocycles. The van der Waals surface area contributed by atoms with E-state index in [0.29, 0.717) is 22.9 Å². The molecule has 2 atom stereocenters. The van der Waals surface area contributed by atoms with Gasteiger partial charge in [0.05, 0.1) is 6.04 Å². The molecule has 0 bridgehead atoms. The molecule has 1 heterocycles. The van der Waals surface area contributed by atoms with Gasteiger partial charge in [0.1, 0.15) is 0 Å². The number of hydrogen-bond acceptors (Lipinski definition) is 2. The second-order valence-electron chi connectivity index (χ2n) is 6.54. The molecule has 0 radical (unpaired) electrons. The average Bonchev–Trinajstić information content (AvgIpc) is 2.59. The maximum absolute atomic E-state index is 12.3. The van der Waals surface area contributed by atoms with Crippen LogP contribution in [0.5, 0.6) is 0 Å². The van der Waals surface area contributed by atoms with Crippen LogP contribution in [-0.4, -0.2) is 11.8 Å². The van der Waals surface area contributed by atoms with E-state index in [4.69, 9.17) is 23.2 Å². The van der Waals surface area contributed by atoms with Gasteiger partial charge in [-0.05, 0) is 49.1 Å². The molecule has 1 aliphatic rings. The van der Waals surface area contributed by atoms with Crippen molar-refractivity contribution in [3.05, 3.63) is 63.6 Å². The highest BCUT2D eigenvalue weighted by Gasteiger charge is 2.26. The van der Waals surface area contributed by atoms with Crippen LogP contribution < -0.4 is 10.6 Å². The van der Waals surface area contributed by atoms with Crippen LogP contribution in [0.15, 0.2) is 42.5 Å². The lowest BCUT2D eigenvalue weighted by molar-refractivity contribution is -0.123. The van der Waals surface area contributed by atoms with Crippen molar-refractivity contribution in [2.45, 2.75) is 32.2 Å². The van der Waals surface area contributed by atoms with Crippen molar-refractivity contribution in [3.8, 4) is 0 Å². The molecule has 2 aromatic carbocycles. The van der Waals surface area contributed by atoms with Crippen LogP contribution in [0.2, 0.25) is 10.0 Å². The number of halogens is 2. The Kier molecular flexibility index (Phi) is 5.84. The van der Waals surface area contributed by atoms with Gasteiger partial charge in [0, 0.05) is 28.1 Å². The van der Waals surface area contributed by atoms with Crippen LogP contribution in [0, 0.1) is 5.92 Å². The third-order valence-corrected chi connectivity index (χ3v) is 5.20. The fourth-order valence-corrected chi connectivity index (χ4v) is 3.77. The standard InChI is InChI=1S/C20H20Cl2N2O2/c1-12(16-8-7-15(21)11-17(16)22)23-19(25)9-6-14-10-13-4-2-3-5-18(13)24-20(14)26/h2-5,7-8,11-12,14H,6,9-10H2,1H3,(H,23,25)(H,24,26)/t12-,14-/m0/s1. The van der Waals surface area contributed by atoms with E-state index in [2.05, 4.69) is 10.6 Å². The van der Waals surface area contributed by atoms with Crippen molar-refractivity contribution >= 4 is 40.7 Å². The number of hydrogen-bond donors (Lipinski definition) is 2. The summed E-state index contributed by atoms with van der Waals surface area (Å²) in [4.78, 5) is 24.5. The van der Waals surface area contributed by atoms with Gasteiger partial charge in [-0.3, -0.25) is 9.59 Å². The van der Waals surface area contributed by atoms with Gasteiger partial charge >= 0.3 is 0 Å². The Labute approximate surface area is 162 Å².